The first kappa shape index (κ1) is 41.8. The van der Waals surface area contributed by atoms with Crippen LogP contribution in [0.3, 0.4) is 0 Å². The highest BCUT2D eigenvalue weighted by atomic mass is 16.5. The van der Waals surface area contributed by atoms with Gasteiger partial charge in [-0.3, -0.25) is 14.4 Å². The van der Waals surface area contributed by atoms with Crippen molar-refractivity contribution in [1.29, 1.82) is 0 Å². The molecule has 2 aromatic carbocycles. The van der Waals surface area contributed by atoms with Crippen LogP contribution in [0.25, 0.3) is 0 Å². The number of amides is 4. The molecule has 0 aliphatic heterocycles. The first-order chi connectivity index (χ1) is 26.0. The molecule has 0 radical (unpaired) electrons. The zero-order valence-corrected chi connectivity index (χ0v) is 31.6. The highest BCUT2D eigenvalue weighted by molar-refractivity contribution is 5.93. The van der Waals surface area contributed by atoms with Crippen LogP contribution in [-0.2, 0) is 38.4 Å². The second-order valence-corrected chi connectivity index (χ2v) is 14.9. The molecule has 6 atom stereocenters. The average molecular weight is 743 g/mol. The van der Waals surface area contributed by atoms with Crippen LogP contribution < -0.4 is 21.7 Å². The van der Waals surface area contributed by atoms with E-state index in [0.29, 0.717) is 24.5 Å². The molecular formula is C42H58N6O6. The van der Waals surface area contributed by atoms with E-state index in [1.54, 1.807) is 6.20 Å². The zero-order chi connectivity index (χ0) is 38.9. The summed E-state index contributed by atoms with van der Waals surface area (Å²) >= 11 is 0. The normalized spacial score (nSPS) is 16.6. The average Bonchev–Trinajstić information content (AvgIpc) is 3.68. The number of rotatable bonds is 21. The van der Waals surface area contributed by atoms with Crippen molar-refractivity contribution in [3.05, 3.63) is 103 Å². The van der Waals surface area contributed by atoms with Crippen LogP contribution in [0, 0.1) is 23.7 Å². The second kappa shape index (κ2) is 21.7. The molecule has 54 heavy (non-hydrogen) atoms. The second-order valence-electron chi connectivity index (χ2n) is 14.9. The van der Waals surface area contributed by atoms with Gasteiger partial charge in [0.05, 0.1) is 24.4 Å². The maximum Gasteiger partial charge on any atom is 0.404 e. The molecular weight excluding hydrogens is 684 g/mol. The number of benzene rings is 2. The van der Waals surface area contributed by atoms with Crippen molar-refractivity contribution >= 4 is 23.8 Å². The van der Waals surface area contributed by atoms with Gasteiger partial charge in [0.25, 0.3) is 0 Å². The number of aliphatic hydroxyl groups is 1. The Balaban J connectivity index is 1.58. The Kier molecular flexibility index (Phi) is 16.8. The number of aromatic amines is 1. The van der Waals surface area contributed by atoms with Crippen molar-refractivity contribution in [3.8, 4) is 0 Å². The summed E-state index contributed by atoms with van der Waals surface area (Å²) in [6.45, 7) is 7.87. The van der Waals surface area contributed by atoms with Gasteiger partial charge in [-0.2, -0.15) is 0 Å². The quantitative estimate of drug-likeness (QED) is 0.0847. The van der Waals surface area contributed by atoms with Crippen molar-refractivity contribution in [2.45, 2.75) is 102 Å². The number of aromatic nitrogens is 2. The minimum atomic E-state index is -1.09. The Morgan fingerprint density at radius 3 is 2.06 bits per heavy atom. The van der Waals surface area contributed by atoms with Crippen LogP contribution >= 0.6 is 0 Å². The van der Waals surface area contributed by atoms with Crippen LogP contribution in [0.5, 0.6) is 0 Å². The molecule has 12 heteroatoms. The number of carbonyl (C=O) groups excluding carboxylic acids is 4. The standard InChI is InChI=1S/C42H58N6O6/c1-4-32(28(2)3)23-38(49)35(21-30-16-10-6-11-17-30)46-41(52)37(24-34-25-44-27-45-34)48-40(51)36(22-31-18-12-7-13-19-31)47-39(50)33(26-54-42(43)53)20-29-14-8-5-9-15-29/h4-5,7-9,12-15,18-19,25,27-28,30,32-33,35-38,49H,1,6,10-11,16-17,20-24,26H2,2-3H3,(H2,43,53)(H,44,45)(H,46,52)(H,47,50)(H,48,51)/t32-,33-,35-,36-,37-,38-/m0/s1. The van der Waals surface area contributed by atoms with E-state index in [4.69, 9.17) is 10.5 Å². The molecule has 4 rings (SSSR count). The van der Waals surface area contributed by atoms with Gasteiger partial charge < -0.3 is 36.5 Å². The number of hydrogen-bond acceptors (Lipinski definition) is 7. The molecule has 292 valence electrons. The number of hydrogen-bond donors (Lipinski definition) is 6. The summed E-state index contributed by atoms with van der Waals surface area (Å²) in [6.07, 6.45) is 10.2. The molecule has 1 aliphatic carbocycles. The fourth-order valence-electron chi connectivity index (χ4n) is 7.22. The molecule has 1 aliphatic rings. The van der Waals surface area contributed by atoms with Gasteiger partial charge >= 0.3 is 6.09 Å². The van der Waals surface area contributed by atoms with E-state index in [1.807, 2.05) is 66.7 Å². The molecule has 1 heterocycles. The van der Waals surface area contributed by atoms with E-state index in [9.17, 15) is 24.3 Å². The van der Waals surface area contributed by atoms with E-state index in [2.05, 4.69) is 46.3 Å². The van der Waals surface area contributed by atoms with Crippen LogP contribution in [0.15, 0.2) is 85.8 Å². The Labute approximate surface area is 319 Å². The summed E-state index contributed by atoms with van der Waals surface area (Å²) in [7, 11) is 0. The third-order valence-electron chi connectivity index (χ3n) is 10.4. The van der Waals surface area contributed by atoms with Crippen LogP contribution in [0.2, 0.25) is 0 Å². The lowest BCUT2D eigenvalue weighted by atomic mass is 9.81. The Bertz CT molecular complexity index is 1600. The largest absolute Gasteiger partial charge is 0.449 e. The predicted octanol–water partition coefficient (Wildman–Crippen LogP) is 4.78. The summed E-state index contributed by atoms with van der Waals surface area (Å²) in [5.74, 6) is -1.68. The summed E-state index contributed by atoms with van der Waals surface area (Å²) in [4.78, 5) is 61.1. The molecule has 3 aromatic rings. The van der Waals surface area contributed by atoms with Gasteiger partial charge in [-0.1, -0.05) is 113 Å². The van der Waals surface area contributed by atoms with Crippen molar-refractivity contribution in [2.24, 2.45) is 29.4 Å². The Hall–Kier alpha value is -4.97. The number of nitrogens with two attached hydrogens (primary N) is 1. The highest BCUT2D eigenvalue weighted by Gasteiger charge is 2.34. The first-order valence-corrected chi connectivity index (χ1v) is 19.2. The fourth-order valence-corrected chi connectivity index (χ4v) is 7.22. The number of aliphatic hydroxyl groups excluding tert-OH is 1. The number of imidazole rings is 1. The molecule has 0 bridgehead atoms. The maximum atomic E-state index is 14.3. The van der Waals surface area contributed by atoms with Gasteiger partial charge in [-0.15, -0.1) is 6.58 Å². The summed E-state index contributed by atoms with van der Waals surface area (Å²) in [5.41, 5.74) is 7.50. The van der Waals surface area contributed by atoms with Crippen molar-refractivity contribution in [3.63, 3.8) is 0 Å². The number of nitrogens with zero attached hydrogens (tertiary/aromatic N) is 1. The number of H-pyrrole nitrogens is 1. The molecule has 4 amide bonds. The molecule has 1 fully saturated rings. The van der Waals surface area contributed by atoms with Gasteiger partial charge in [0.2, 0.25) is 17.7 Å². The van der Waals surface area contributed by atoms with Gasteiger partial charge in [0.1, 0.15) is 18.7 Å². The number of ether oxygens (including phenoxy) is 1. The monoisotopic (exact) mass is 742 g/mol. The number of nitrogens with one attached hydrogen (secondary N) is 4. The number of allylic oxidation sites excluding steroid dienone is 1. The van der Waals surface area contributed by atoms with Crippen molar-refractivity contribution in [2.75, 3.05) is 6.61 Å². The lowest BCUT2D eigenvalue weighted by Gasteiger charge is -2.33. The van der Waals surface area contributed by atoms with Gasteiger partial charge in [-0.05, 0) is 48.1 Å². The lowest BCUT2D eigenvalue weighted by molar-refractivity contribution is -0.134. The van der Waals surface area contributed by atoms with Gasteiger partial charge in [-0.25, -0.2) is 9.78 Å². The summed E-state index contributed by atoms with van der Waals surface area (Å²) in [5, 5.41) is 20.5. The van der Waals surface area contributed by atoms with Crippen LogP contribution in [0.1, 0.15) is 75.6 Å². The smallest absolute Gasteiger partial charge is 0.404 e. The van der Waals surface area contributed by atoms with E-state index >= 15 is 0 Å². The SMILES string of the molecule is C=C[C@@H](C[C@H](O)[C@H](CC1CCCCC1)NC(=O)[C@H](Cc1cnc[nH]1)NC(=O)[C@H](Cc1ccccc1)NC(=O)[C@H](COC(N)=O)Cc1ccccc1)C(C)C. The number of carbonyl (C=O) groups is 4. The number of primary amides is 1. The summed E-state index contributed by atoms with van der Waals surface area (Å²) < 4.78 is 5.06. The lowest BCUT2D eigenvalue weighted by Crippen LogP contribution is -2.58. The molecule has 0 spiro atoms. The Morgan fingerprint density at radius 1 is 0.889 bits per heavy atom. The maximum absolute atomic E-state index is 14.3. The third-order valence-corrected chi connectivity index (χ3v) is 10.4. The fraction of sp³-hybridized carbons (Fsp3) is 0.500. The minimum Gasteiger partial charge on any atom is -0.449 e. The van der Waals surface area contributed by atoms with E-state index in [1.165, 1.54) is 12.7 Å². The minimum absolute atomic E-state index is 0.0627. The van der Waals surface area contributed by atoms with E-state index in [-0.39, 0.29) is 37.7 Å². The third kappa shape index (κ3) is 13.8. The molecule has 0 saturated heterocycles. The molecule has 0 unspecified atom stereocenters. The highest BCUT2D eigenvalue weighted by Crippen LogP contribution is 2.30. The molecule has 12 nitrogen and oxygen atoms in total. The molecule has 1 aromatic heterocycles. The van der Waals surface area contributed by atoms with Crippen molar-refractivity contribution < 1.29 is 29.0 Å². The van der Waals surface area contributed by atoms with Crippen LogP contribution in [-0.4, -0.2) is 69.7 Å². The van der Waals surface area contributed by atoms with E-state index < -0.39 is 54.0 Å². The Morgan fingerprint density at radius 2 is 1.48 bits per heavy atom. The topological polar surface area (TPSA) is 189 Å². The molecule has 7 N–H and O–H groups in total. The first-order valence-electron chi connectivity index (χ1n) is 19.2. The van der Waals surface area contributed by atoms with Crippen molar-refractivity contribution in [1.82, 2.24) is 25.9 Å². The predicted molar refractivity (Wildman–Crippen MR) is 208 cm³/mol. The van der Waals surface area contributed by atoms with Crippen LogP contribution in [0.4, 0.5) is 4.79 Å². The molecule has 1 saturated carbocycles. The zero-order valence-electron chi connectivity index (χ0n) is 31.6. The van der Waals surface area contributed by atoms with E-state index in [0.717, 1.165) is 36.8 Å². The van der Waals surface area contributed by atoms with Gasteiger partial charge in [0, 0.05) is 24.7 Å². The summed E-state index contributed by atoms with van der Waals surface area (Å²) in [6, 6.07) is 15.8. The van der Waals surface area contributed by atoms with Gasteiger partial charge in [0.15, 0.2) is 0 Å².